The number of morpholine rings is 1. The summed E-state index contributed by atoms with van der Waals surface area (Å²) in [5, 5.41) is 15.1. The van der Waals surface area contributed by atoms with Crippen molar-refractivity contribution in [2.75, 3.05) is 25.0 Å². The van der Waals surface area contributed by atoms with E-state index in [2.05, 4.69) is 20.6 Å². The second-order valence-electron chi connectivity index (χ2n) is 4.69. The molecule has 1 saturated heterocycles. The molecule has 0 bridgehead atoms. The van der Waals surface area contributed by atoms with E-state index in [1.807, 2.05) is 6.07 Å². The van der Waals surface area contributed by atoms with Gasteiger partial charge < -0.3 is 20.5 Å². The minimum absolute atomic E-state index is 0.0432. The fourth-order valence-electron chi connectivity index (χ4n) is 2.12. The fraction of sp³-hybridized carbons (Fsp3) is 0.286. The van der Waals surface area contributed by atoms with E-state index in [0.717, 1.165) is 12.1 Å². The quantitative estimate of drug-likeness (QED) is 0.799. The van der Waals surface area contributed by atoms with Crippen molar-refractivity contribution < 1.29 is 14.2 Å². The van der Waals surface area contributed by atoms with Gasteiger partial charge >= 0.3 is 0 Å². The summed E-state index contributed by atoms with van der Waals surface area (Å²) in [6.45, 7) is 2.11. The number of aromatic hydroxyl groups is 1. The van der Waals surface area contributed by atoms with Crippen LogP contribution in [-0.4, -0.2) is 34.8 Å². The van der Waals surface area contributed by atoms with Gasteiger partial charge in [-0.1, -0.05) is 6.07 Å². The van der Waals surface area contributed by atoms with Gasteiger partial charge in [-0.15, -0.1) is 0 Å². The Labute approximate surface area is 121 Å². The molecule has 1 atom stereocenters. The van der Waals surface area contributed by atoms with E-state index in [1.54, 1.807) is 6.07 Å². The molecule has 0 saturated carbocycles. The van der Waals surface area contributed by atoms with Gasteiger partial charge in [-0.3, -0.25) is 0 Å². The van der Waals surface area contributed by atoms with Crippen LogP contribution in [0.1, 0.15) is 11.7 Å². The van der Waals surface area contributed by atoms with Crippen LogP contribution in [0.5, 0.6) is 5.75 Å². The van der Waals surface area contributed by atoms with Gasteiger partial charge in [-0.05, 0) is 17.7 Å². The average Bonchev–Trinajstić information content (AvgIpc) is 2.52. The predicted molar refractivity (Wildman–Crippen MR) is 74.9 cm³/mol. The first-order valence-corrected chi connectivity index (χ1v) is 6.62. The number of nitrogens with zero attached hydrogens (tertiary/aromatic N) is 2. The lowest BCUT2D eigenvalue weighted by Gasteiger charge is -2.24. The molecular weight excluding hydrogens is 275 g/mol. The predicted octanol–water partition coefficient (Wildman–Crippen LogP) is 1.73. The lowest BCUT2D eigenvalue weighted by molar-refractivity contribution is 0.0275. The van der Waals surface area contributed by atoms with Crippen molar-refractivity contribution in [3.05, 3.63) is 42.0 Å². The lowest BCUT2D eigenvalue weighted by Crippen LogP contribution is -2.33. The van der Waals surface area contributed by atoms with Crippen molar-refractivity contribution in [2.45, 2.75) is 6.10 Å². The van der Waals surface area contributed by atoms with Crippen molar-refractivity contribution in [1.82, 2.24) is 15.3 Å². The van der Waals surface area contributed by atoms with Crippen LogP contribution in [0.2, 0.25) is 0 Å². The Hall–Kier alpha value is -2.25. The van der Waals surface area contributed by atoms with Crippen molar-refractivity contribution >= 4 is 11.6 Å². The van der Waals surface area contributed by atoms with Crippen LogP contribution < -0.4 is 10.6 Å². The second-order valence-corrected chi connectivity index (χ2v) is 4.69. The maximum Gasteiger partial charge on any atom is 0.227 e. The highest BCUT2D eigenvalue weighted by Crippen LogP contribution is 2.25. The van der Waals surface area contributed by atoms with Crippen LogP contribution in [0.3, 0.4) is 0 Å². The molecule has 2 aromatic rings. The molecule has 1 unspecified atom stereocenters. The maximum absolute atomic E-state index is 14.1. The zero-order valence-corrected chi connectivity index (χ0v) is 11.2. The molecule has 6 nitrogen and oxygen atoms in total. The summed E-state index contributed by atoms with van der Waals surface area (Å²) in [6.07, 6.45) is 2.35. The zero-order valence-electron chi connectivity index (χ0n) is 11.2. The Bertz CT molecular complexity index is 615. The topological polar surface area (TPSA) is 79.3 Å². The minimum Gasteiger partial charge on any atom is -0.505 e. The van der Waals surface area contributed by atoms with Crippen molar-refractivity contribution in [3.63, 3.8) is 0 Å². The highest BCUT2D eigenvalue weighted by molar-refractivity contribution is 5.55. The minimum atomic E-state index is -0.404. The highest BCUT2D eigenvalue weighted by Gasteiger charge is 2.17. The number of hydrogen-bond donors (Lipinski definition) is 3. The van der Waals surface area contributed by atoms with E-state index in [9.17, 15) is 4.39 Å². The Balaban J connectivity index is 1.76. The first-order chi connectivity index (χ1) is 10.2. The maximum atomic E-state index is 14.1. The molecule has 2 heterocycles. The Morgan fingerprint density at radius 2 is 2.14 bits per heavy atom. The van der Waals surface area contributed by atoms with Crippen LogP contribution in [0.4, 0.5) is 16.0 Å². The molecule has 1 aromatic heterocycles. The summed E-state index contributed by atoms with van der Waals surface area (Å²) in [7, 11) is 0. The fourth-order valence-corrected chi connectivity index (χ4v) is 2.12. The molecule has 1 aliphatic heterocycles. The highest BCUT2D eigenvalue weighted by atomic mass is 19.1. The van der Waals surface area contributed by atoms with Gasteiger partial charge in [0.25, 0.3) is 0 Å². The Morgan fingerprint density at radius 3 is 2.81 bits per heavy atom. The summed E-state index contributed by atoms with van der Waals surface area (Å²) in [5.74, 6) is -0.230. The van der Waals surface area contributed by atoms with Gasteiger partial charge in [0.15, 0.2) is 5.75 Å². The molecule has 21 heavy (non-hydrogen) atoms. The van der Waals surface area contributed by atoms with Crippen LogP contribution in [-0.2, 0) is 4.74 Å². The van der Waals surface area contributed by atoms with E-state index in [4.69, 9.17) is 9.84 Å². The van der Waals surface area contributed by atoms with E-state index in [-0.39, 0.29) is 23.5 Å². The number of hydrogen-bond acceptors (Lipinski definition) is 6. The molecule has 0 amide bonds. The number of rotatable bonds is 3. The van der Waals surface area contributed by atoms with Gasteiger partial charge in [0, 0.05) is 13.1 Å². The largest absolute Gasteiger partial charge is 0.505 e. The molecule has 0 spiro atoms. The molecule has 1 aromatic carbocycles. The standard InChI is InChI=1S/C14H15FN4O2/c15-11-5-9(13-8-16-3-4-21-13)1-2-12(11)19-14-17-6-10(20)7-18-14/h1-2,5-7,13,16,20H,3-4,8H2,(H,17,18,19). The van der Waals surface area contributed by atoms with E-state index in [1.165, 1.54) is 18.5 Å². The van der Waals surface area contributed by atoms with Crippen LogP contribution in [0, 0.1) is 5.82 Å². The third kappa shape index (κ3) is 3.26. The number of ether oxygens (including phenoxy) is 1. The molecule has 0 aliphatic carbocycles. The third-order valence-electron chi connectivity index (χ3n) is 3.18. The Morgan fingerprint density at radius 1 is 1.33 bits per heavy atom. The van der Waals surface area contributed by atoms with Crippen molar-refractivity contribution in [2.24, 2.45) is 0 Å². The SMILES string of the molecule is Oc1cnc(Nc2ccc(C3CNCCO3)cc2F)nc1. The molecule has 3 N–H and O–H groups in total. The zero-order chi connectivity index (χ0) is 14.7. The smallest absolute Gasteiger partial charge is 0.227 e. The van der Waals surface area contributed by atoms with Crippen molar-refractivity contribution in [3.8, 4) is 5.75 Å². The molecule has 7 heteroatoms. The number of anilines is 2. The third-order valence-corrected chi connectivity index (χ3v) is 3.18. The van der Waals surface area contributed by atoms with Gasteiger partial charge in [0.2, 0.25) is 5.95 Å². The summed E-state index contributed by atoms with van der Waals surface area (Å²) in [4.78, 5) is 7.71. The summed E-state index contributed by atoms with van der Waals surface area (Å²) in [5.41, 5.74) is 1.06. The monoisotopic (exact) mass is 290 g/mol. The molecule has 3 rings (SSSR count). The van der Waals surface area contributed by atoms with Crippen LogP contribution in [0.15, 0.2) is 30.6 Å². The summed E-state index contributed by atoms with van der Waals surface area (Å²) >= 11 is 0. The number of aromatic nitrogens is 2. The lowest BCUT2D eigenvalue weighted by atomic mass is 10.1. The van der Waals surface area contributed by atoms with E-state index >= 15 is 0 Å². The molecular formula is C14H15FN4O2. The normalized spacial score (nSPS) is 18.4. The van der Waals surface area contributed by atoms with E-state index in [0.29, 0.717) is 13.2 Å². The molecule has 0 radical (unpaired) electrons. The van der Waals surface area contributed by atoms with Crippen LogP contribution in [0.25, 0.3) is 0 Å². The first kappa shape index (κ1) is 13.7. The molecule has 110 valence electrons. The number of nitrogens with one attached hydrogen (secondary N) is 2. The second kappa shape index (κ2) is 6.02. The number of benzene rings is 1. The Kier molecular flexibility index (Phi) is 3.94. The van der Waals surface area contributed by atoms with Gasteiger partial charge in [-0.25, -0.2) is 14.4 Å². The summed E-state index contributed by atoms with van der Waals surface area (Å²) in [6, 6.07) is 4.88. The number of halogens is 1. The van der Waals surface area contributed by atoms with Crippen LogP contribution >= 0.6 is 0 Å². The molecule has 1 aliphatic rings. The van der Waals surface area contributed by atoms with Gasteiger partial charge in [-0.2, -0.15) is 0 Å². The molecule has 1 fully saturated rings. The van der Waals surface area contributed by atoms with Crippen molar-refractivity contribution in [1.29, 1.82) is 0 Å². The first-order valence-electron chi connectivity index (χ1n) is 6.62. The van der Waals surface area contributed by atoms with Gasteiger partial charge in [0.1, 0.15) is 5.82 Å². The van der Waals surface area contributed by atoms with E-state index < -0.39 is 5.82 Å². The summed E-state index contributed by atoms with van der Waals surface area (Å²) < 4.78 is 19.7. The average molecular weight is 290 g/mol. The van der Waals surface area contributed by atoms with Gasteiger partial charge in [0.05, 0.1) is 30.8 Å².